The predicted molar refractivity (Wildman–Crippen MR) is 112 cm³/mol. The maximum atomic E-state index is 12.8. The molecule has 2 aromatic heterocycles. The van der Waals surface area contributed by atoms with E-state index in [1.165, 1.54) is 11.3 Å². The molecule has 3 aromatic rings. The smallest absolute Gasteiger partial charge is 0.404 e. The molecule has 2 heterocycles. The molecule has 0 saturated heterocycles. The van der Waals surface area contributed by atoms with Crippen molar-refractivity contribution in [2.24, 2.45) is 18.7 Å². The van der Waals surface area contributed by atoms with Gasteiger partial charge in [-0.3, -0.25) is 9.48 Å². The number of anilines is 1. The zero-order valence-corrected chi connectivity index (χ0v) is 17.5. The van der Waals surface area contributed by atoms with Crippen molar-refractivity contribution in [3.8, 4) is 10.6 Å². The summed E-state index contributed by atoms with van der Waals surface area (Å²) in [4.78, 5) is 24.8. The fourth-order valence-electron chi connectivity index (χ4n) is 2.73. The van der Waals surface area contributed by atoms with Gasteiger partial charge < -0.3 is 15.8 Å². The van der Waals surface area contributed by atoms with Crippen LogP contribution in [-0.4, -0.2) is 28.4 Å². The Morgan fingerprint density at radius 2 is 2.07 bits per heavy atom. The van der Waals surface area contributed by atoms with E-state index in [0.29, 0.717) is 11.4 Å². The highest BCUT2D eigenvalue weighted by atomic mass is 79.9. The Bertz CT molecular complexity index is 971. The van der Waals surface area contributed by atoms with E-state index in [1.807, 2.05) is 49.5 Å². The van der Waals surface area contributed by atoms with E-state index in [1.54, 1.807) is 10.9 Å². The van der Waals surface area contributed by atoms with Crippen LogP contribution in [0.25, 0.3) is 10.6 Å². The number of hydrogen-bond donors (Lipinski definition) is 2. The molecule has 2 amide bonds. The van der Waals surface area contributed by atoms with E-state index in [9.17, 15) is 9.59 Å². The van der Waals surface area contributed by atoms with Gasteiger partial charge in [-0.1, -0.05) is 30.3 Å². The van der Waals surface area contributed by atoms with Crippen molar-refractivity contribution in [3.05, 3.63) is 58.7 Å². The molecular weight excluding hydrogens is 444 g/mol. The lowest BCUT2D eigenvalue weighted by molar-refractivity contribution is -0.120. The summed E-state index contributed by atoms with van der Waals surface area (Å²) in [5.74, 6) is -0.800. The number of benzene rings is 1. The van der Waals surface area contributed by atoms with Gasteiger partial charge in [0.15, 0.2) is 0 Å². The third-order valence-electron chi connectivity index (χ3n) is 4.11. The number of nitrogens with two attached hydrogens (primary N) is 1. The average molecular weight is 463 g/mol. The predicted octanol–water partition coefficient (Wildman–Crippen LogP) is 3.80. The Morgan fingerprint density at radius 1 is 1.32 bits per heavy atom. The first-order valence-corrected chi connectivity index (χ1v) is 10.1. The van der Waals surface area contributed by atoms with Gasteiger partial charge in [-0.2, -0.15) is 5.10 Å². The second-order valence-electron chi connectivity index (χ2n) is 6.13. The molecule has 3 rings (SSSR count). The summed E-state index contributed by atoms with van der Waals surface area (Å²) in [6, 6.07) is 13.3. The molecule has 0 aliphatic carbocycles. The normalized spacial score (nSPS) is 11.8. The second kappa shape index (κ2) is 9.03. The minimum atomic E-state index is -0.900. The van der Waals surface area contributed by atoms with Gasteiger partial charge in [-0.05, 0) is 40.0 Å². The molecule has 28 heavy (non-hydrogen) atoms. The number of carbonyl (C=O) groups is 2. The summed E-state index contributed by atoms with van der Waals surface area (Å²) >= 11 is 4.97. The standard InChI is InChI=1S/C19H19BrN4O3S/c1-24-15(7-8-22-24)17-14(20)10-16(28-17)23-18(25)13(11-27-19(21)26)9-12-5-3-2-4-6-12/h2-8,10,13H,9,11H2,1H3,(H2,21,26)(H,23,25). The van der Waals surface area contributed by atoms with Crippen LogP contribution < -0.4 is 11.1 Å². The van der Waals surface area contributed by atoms with Gasteiger partial charge in [0.1, 0.15) is 6.61 Å². The van der Waals surface area contributed by atoms with E-state index < -0.39 is 12.0 Å². The van der Waals surface area contributed by atoms with Gasteiger partial charge in [0, 0.05) is 17.7 Å². The van der Waals surface area contributed by atoms with Crippen LogP contribution in [0.3, 0.4) is 0 Å². The van der Waals surface area contributed by atoms with Gasteiger partial charge in [-0.25, -0.2) is 4.79 Å². The fourth-order valence-corrected chi connectivity index (χ4v) is 4.57. The zero-order valence-electron chi connectivity index (χ0n) is 15.1. The molecule has 0 spiro atoms. The molecule has 0 aliphatic rings. The first-order chi connectivity index (χ1) is 13.4. The van der Waals surface area contributed by atoms with Crippen molar-refractivity contribution in [1.82, 2.24) is 9.78 Å². The lowest BCUT2D eigenvalue weighted by Gasteiger charge is -2.16. The first kappa shape index (κ1) is 20.1. The Labute approximate surface area is 174 Å². The van der Waals surface area contributed by atoms with Gasteiger partial charge in [-0.15, -0.1) is 11.3 Å². The fraction of sp³-hybridized carbons (Fsp3) is 0.211. The molecule has 1 unspecified atom stereocenters. The summed E-state index contributed by atoms with van der Waals surface area (Å²) in [5.41, 5.74) is 6.98. The Balaban J connectivity index is 1.75. The average Bonchev–Trinajstić information content (AvgIpc) is 3.24. The number of hydrogen-bond acceptors (Lipinski definition) is 5. The molecule has 0 aliphatic heterocycles. The monoisotopic (exact) mass is 462 g/mol. The van der Waals surface area contributed by atoms with Crippen LogP contribution in [0, 0.1) is 5.92 Å². The van der Waals surface area contributed by atoms with Crippen LogP contribution in [0.2, 0.25) is 0 Å². The minimum absolute atomic E-state index is 0.0861. The highest BCUT2D eigenvalue weighted by Crippen LogP contribution is 2.39. The second-order valence-corrected chi connectivity index (χ2v) is 8.04. The number of ether oxygens (including phenoxy) is 1. The van der Waals surface area contributed by atoms with Gasteiger partial charge in [0.05, 0.1) is 21.5 Å². The summed E-state index contributed by atoms with van der Waals surface area (Å²) in [6.45, 7) is -0.0861. The van der Waals surface area contributed by atoms with Crippen molar-refractivity contribution >= 4 is 44.3 Å². The van der Waals surface area contributed by atoms with Crippen LogP contribution in [0.5, 0.6) is 0 Å². The highest BCUT2D eigenvalue weighted by molar-refractivity contribution is 9.10. The summed E-state index contributed by atoms with van der Waals surface area (Å²) < 4.78 is 7.53. The van der Waals surface area contributed by atoms with Crippen molar-refractivity contribution in [2.75, 3.05) is 11.9 Å². The van der Waals surface area contributed by atoms with Crippen LogP contribution in [0.1, 0.15) is 5.56 Å². The number of aromatic nitrogens is 2. The number of aryl methyl sites for hydroxylation is 1. The summed E-state index contributed by atoms with van der Waals surface area (Å²) in [7, 11) is 1.86. The van der Waals surface area contributed by atoms with E-state index in [2.05, 4.69) is 26.3 Å². The van der Waals surface area contributed by atoms with Crippen molar-refractivity contribution in [2.45, 2.75) is 6.42 Å². The number of thiophene rings is 1. The largest absolute Gasteiger partial charge is 0.449 e. The van der Waals surface area contributed by atoms with Gasteiger partial charge in [0.2, 0.25) is 5.91 Å². The number of primary amides is 1. The van der Waals surface area contributed by atoms with Crippen LogP contribution in [0.15, 0.2) is 53.1 Å². The lowest BCUT2D eigenvalue weighted by Crippen LogP contribution is -2.30. The molecule has 0 radical (unpaired) electrons. The van der Waals surface area contributed by atoms with Gasteiger partial charge in [0.25, 0.3) is 0 Å². The Morgan fingerprint density at radius 3 is 2.71 bits per heavy atom. The number of rotatable bonds is 7. The van der Waals surface area contributed by atoms with E-state index in [4.69, 9.17) is 10.5 Å². The number of nitrogens with one attached hydrogen (secondary N) is 1. The summed E-state index contributed by atoms with van der Waals surface area (Å²) in [5, 5.41) is 7.78. The van der Waals surface area contributed by atoms with Crippen molar-refractivity contribution in [3.63, 3.8) is 0 Å². The quantitative estimate of drug-likeness (QED) is 0.557. The molecular formula is C19H19BrN4O3S. The third kappa shape index (κ3) is 4.99. The maximum Gasteiger partial charge on any atom is 0.404 e. The molecule has 0 saturated carbocycles. The molecule has 1 atom stereocenters. The molecule has 146 valence electrons. The van der Waals surface area contributed by atoms with E-state index >= 15 is 0 Å². The maximum absolute atomic E-state index is 12.8. The minimum Gasteiger partial charge on any atom is -0.449 e. The third-order valence-corrected chi connectivity index (χ3v) is 6.07. The van der Waals surface area contributed by atoms with Crippen LogP contribution >= 0.6 is 27.3 Å². The molecule has 3 N–H and O–H groups in total. The number of nitrogens with zero attached hydrogens (tertiary/aromatic N) is 2. The topological polar surface area (TPSA) is 99.2 Å². The number of carbonyl (C=O) groups excluding carboxylic acids is 2. The number of amides is 2. The molecule has 7 nitrogen and oxygen atoms in total. The molecule has 9 heteroatoms. The first-order valence-electron chi connectivity index (χ1n) is 8.48. The van der Waals surface area contributed by atoms with Crippen LogP contribution in [-0.2, 0) is 23.0 Å². The number of halogens is 1. The zero-order chi connectivity index (χ0) is 20.1. The Hall–Kier alpha value is -2.65. The van der Waals surface area contributed by atoms with Crippen molar-refractivity contribution in [1.29, 1.82) is 0 Å². The van der Waals surface area contributed by atoms with E-state index in [-0.39, 0.29) is 12.5 Å². The van der Waals surface area contributed by atoms with E-state index in [0.717, 1.165) is 20.6 Å². The SMILES string of the molecule is Cn1nccc1-c1sc(NC(=O)C(COC(N)=O)Cc2ccccc2)cc1Br. The van der Waals surface area contributed by atoms with Gasteiger partial charge >= 0.3 is 6.09 Å². The van der Waals surface area contributed by atoms with Crippen LogP contribution in [0.4, 0.5) is 9.80 Å². The molecule has 1 aromatic carbocycles. The molecule has 0 bridgehead atoms. The molecule has 0 fully saturated rings. The Kier molecular flexibility index (Phi) is 6.48. The lowest BCUT2D eigenvalue weighted by atomic mass is 9.99. The van der Waals surface area contributed by atoms with Crippen molar-refractivity contribution < 1.29 is 14.3 Å². The summed E-state index contributed by atoms with van der Waals surface area (Å²) in [6.07, 6.45) is 1.25. The highest BCUT2D eigenvalue weighted by Gasteiger charge is 2.22.